The van der Waals surface area contributed by atoms with Crippen LogP contribution in [0, 0.1) is 12.7 Å². The zero-order valence-corrected chi connectivity index (χ0v) is 8.40. The Kier molecular flexibility index (Phi) is 2.44. The van der Waals surface area contributed by atoms with Gasteiger partial charge in [0.15, 0.2) is 0 Å². The highest BCUT2D eigenvalue weighted by atomic mass is 19.1. The average molecular weight is 209 g/mol. The van der Waals surface area contributed by atoms with Gasteiger partial charge in [0.1, 0.15) is 5.82 Å². The first kappa shape index (κ1) is 10.1. The third-order valence-corrected chi connectivity index (χ3v) is 2.57. The fourth-order valence-corrected chi connectivity index (χ4v) is 1.76. The predicted molar refractivity (Wildman–Crippen MR) is 54.1 cm³/mol. The molecule has 1 unspecified atom stereocenters. The second kappa shape index (κ2) is 3.62. The molecule has 1 heterocycles. The minimum atomic E-state index is -0.683. The number of carbonyl (C=O) groups is 1. The molecule has 0 spiro atoms. The fraction of sp³-hybridized carbons (Fsp3) is 0.364. The number of anilines is 1. The van der Waals surface area contributed by atoms with Crippen LogP contribution in [-0.2, 0) is 4.79 Å². The summed E-state index contributed by atoms with van der Waals surface area (Å²) in [5, 5.41) is 9.31. The van der Waals surface area contributed by atoms with Gasteiger partial charge in [0.05, 0.1) is 24.8 Å². The molecule has 4 heteroatoms. The third kappa shape index (κ3) is 1.72. The van der Waals surface area contributed by atoms with E-state index in [1.807, 2.05) is 0 Å². The lowest BCUT2D eigenvalue weighted by Crippen LogP contribution is -2.26. The van der Waals surface area contributed by atoms with Crippen molar-refractivity contribution in [2.75, 3.05) is 11.4 Å². The van der Waals surface area contributed by atoms with Crippen molar-refractivity contribution in [3.05, 3.63) is 29.6 Å². The Morgan fingerprint density at radius 2 is 2.27 bits per heavy atom. The molecule has 1 N–H and O–H groups in total. The molecule has 0 aromatic heterocycles. The molecule has 1 saturated heterocycles. The van der Waals surface area contributed by atoms with Crippen molar-refractivity contribution >= 4 is 11.6 Å². The number of hydrogen-bond donors (Lipinski definition) is 1. The van der Waals surface area contributed by atoms with Gasteiger partial charge in [-0.3, -0.25) is 4.79 Å². The smallest absolute Gasteiger partial charge is 0.229 e. The molecule has 0 saturated carbocycles. The highest BCUT2D eigenvalue weighted by Crippen LogP contribution is 2.26. The summed E-state index contributed by atoms with van der Waals surface area (Å²) in [5.41, 5.74) is 0.762. The summed E-state index contributed by atoms with van der Waals surface area (Å²) in [6.45, 7) is 1.83. The Morgan fingerprint density at radius 3 is 2.87 bits per heavy atom. The summed E-state index contributed by atoms with van der Waals surface area (Å²) in [6, 6.07) is 4.90. The van der Waals surface area contributed by atoms with Gasteiger partial charge in [-0.25, -0.2) is 4.39 Å². The van der Waals surface area contributed by atoms with Crippen LogP contribution >= 0.6 is 0 Å². The van der Waals surface area contributed by atoms with Crippen LogP contribution in [0.1, 0.15) is 12.0 Å². The second-order valence-corrected chi connectivity index (χ2v) is 3.77. The molecule has 15 heavy (non-hydrogen) atoms. The summed E-state index contributed by atoms with van der Waals surface area (Å²) < 4.78 is 13.7. The van der Waals surface area contributed by atoms with Crippen LogP contribution in [0.2, 0.25) is 0 Å². The Hall–Kier alpha value is -1.42. The quantitative estimate of drug-likeness (QED) is 0.755. The number of rotatable bonds is 1. The summed E-state index contributed by atoms with van der Waals surface area (Å²) in [4.78, 5) is 12.7. The molecule has 1 aliphatic rings. The molecule has 3 nitrogen and oxygen atoms in total. The van der Waals surface area contributed by atoms with Crippen molar-refractivity contribution in [3.8, 4) is 0 Å². The van der Waals surface area contributed by atoms with Crippen molar-refractivity contribution < 1.29 is 14.3 Å². The van der Waals surface area contributed by atoms with Gasteiger partial charge < -0.3 is 10.0 Å². The minimum Gasteiger partial charge on any atom is -0.391 e. The summed E-state index contributed by atoms with van der Waals surface area (Å²) >= 11 is 0. The van der Waals surface area contributed by atoms with Crippen LogP contribution in [0.15, 0.2) is 18.2 Å². The van der Waals surface area contributed by atoms with Gasteiger partial charge in [-0.2, -0.15) is 0 Å². The lowest BCUT2D eigenvalue weighted by atomic mass is 10.2. The molecule has 1 aromatic rings. The molecule has 1 aliphatic heterocycles. The van der Waals surface area contributed by atoms with Gasteiger partial charge in [0.25, 0.3) is 0 Å². The van der Waals surface area contributed by atoms with Gasteiger partial charge in [-0.1, -0.05) is 12.1 Å². The highest BCUT2D eigenvalue weighted by Gasteiger charge is 2.30. The van der Waals surface area contributed by atoms with E-state index in [9.17, 15) is 14.3 Å². The molecule has 0 radical (unpaired) electrons. The van der Waals surface area contributed by atoms with Crippen molar-refractivity contribution in [3.63, 3.8) is 0 Å². The van der Waals surface area contributed by atoms with Crippen molar-refractivity contribution in [1.82, 2.24) is 0 Å². The van der Waals surface area contributed by atoms with Gasteiger partial charge in [-0.05, 0) is 18.6 Å². The maximum atomic E-state index is 13.7. The molecule has 2 rings (SSSR count). The molecule has 0 bridgehead atoms. The molecular formula is C11H12FNO2. The van der Waals surface area contributed by atoms with Crippen LogP contribution < -0.4 is 4.90 Å². The maximum absolute atomic E-state index is 13.7. The zero-order valence-electron chi connectivity index (χ0n) is 8.40. The van der Waals surface area contributed by atoms with Crippen molar-refractivity contribution in [2.45, 2.75) is 19.4 Å². The SMILES string of the molecule is Cc1cccc(N2CC(O)CC2=O)c1F. The van der Waals surface area contributed by atoms with Crippen LogP contribution in [0.25, 0.3) is 0 Å². The number of aryl methyl sites for hydroxylation is 1. The zero-order chi connectivity index (χ0) is 11.0. The molecule has 1 aromatic carbocycles. The fourth-order valence-electron chi connectivity index (χ4n) is 1.76. The van der Waals surface area contributed by atoms with Gasteiger partial charge in [0, 0.05) is 0 Å². The van der Waals surface area contributed by atoms with Crippen LogP contribution in [0.5, 0.6) is 0 Å². The first-order valence-corrected chi connectivity index (χ1v) is 4.83. The molecular weight excluding hydrogens is 197 g/mol. The normalized spacial score (nSPS) is 21.1. The van der Waals surface area contributed by atoms with Gasteiger partial charge in [0.2, 0.25) is 5.91 Å². The number of hydrogen-bond acceptors (Lipinski definition) is 2. The number of aliphatic hydroxyl groups is 1. The molecule has 0 aliphatic carbocycles. The van der Waals surface area contributed by atoms with Gasteiger partial charge >= 0.3 is 0 Å². The van der Waals surface area contributed by atoms with Crippen LogP contribution in [0.3, 0.4) is 0 Å². The van der Waals surface area contributed by atoms with Crippen LogP contribution in [0.4, 0.5) is 10.1 Å². The third-order valence-electron chi connectivity index (χ3n) is 2.57. The van der Waals surface area contributed by atoms with Crippen LogP contribution in [-0.4, -0.2) is 23.7 Å². The Bertz CT molecular complexity index is 406. The minimum absolute atomic E-state index is 0.0768. The average Bonchev–Trinajstić information content (AvgIpc) is 2.50. The Labute approximate surface area is 87.1 Å². The lowest BCUT2D eigenvalue weighted by Gasteiger charge is -2.17. The number of β-amino-alcohol motifs (C(OH)–C–C–N with tert-alkyl or cyclic N) is 1. The molecule has 80 valence electrons. The van der Waals surface area contributed by atoms with E-state index < -0.39 is 6.10 Å². The van der Waals surface area contributed by atoms with E-state index in [1.54, 1.807) is 25.1 Å². The standard InChI is InChI=1S/C11H12FNO2/c1-7-3-2-4-9(11(7)12)13-6-8(14)5-10(13)15/h2-4,8,14H,5-6H2,1H3. The summed E-state index contributed by atoms with van der Waals surface area (Å²) in [7, 11) is 0. The number of amides is 1. The van der Waals surface area contributed by atoms with E-state index in [-0.39, 0.29) is 30.4 Å². The number of benzene rings is 1. The van der Waals surface area contributed by atoms with E-state index in [0.29, 0.717) is 5.56 Å². The topological polar surface area (TPSA) is 40.5 Å². The van der Waals surface area contributed by atoms with Crippen molar-refractivity contribution in [2.24, 2.45) is 0 Å². The molecule has 1 amide bonds. The number of carbonyl (C=O) groups excluding carboxylic acids is 1. The van der Waals surface area contributed by atoms with E-state index in [0.717, 1.165) is 0 Å². The number of nitrogens with zero attached hydrogens (tertiary/aromatic N) is 1. The Balaban J connectivity index is 2.38. The summed E-state index contributed by atoms with van der Waals surface area (Å²) in [6.07, 6.45) is -0.606. The van der Waals surface area contributed by atoms with E-state index in [4.69, 9.17) is 0 Å². The first-order chi connectivity index (χ1) is 7.09. The highest BCUT2D eigenvalue weighted by molar-refractivity contribution is 5.96. The van der Waals surface area contributed by atoms with E-state index in [1.165, 1.54) is 4.90 Å². The monoisotopic (exact) mass is 209 g/mol. The van der Waals surface area contributed by atoms with Gasteiger partial charge in [-0.15, -0.1) is 0 Å². The van der Waals surface area contributed by atoms with E-state index in [2.05, 4.69) is 0 Å². The first-order valence-electron chi connectivity index (χ1n) is 4.83. The second-order valence-electron chi connectivity index (χ2n) is 3.77. The maximum Gasteiger partial charge on any atom is 0.229 e. The number of halogens is 1. The Morgan fingerprint density at radius 1 is 1.53 bits per heavy atom. The predicted octanol–water partition coefficient (Wildman–Crippen LogP) is 1.23. The largest absolute Gasteiger partial charge is 0.391 e. The molecule has 1 atom stereocenters. The summed E-state index contributed by atoms with van der Waals surface area (Å²) in [5.74, 6) is -0.619. The van der Waals surface area contributed by atoms with E-state index >= 15 is 0 Å². The lowest BCUT2D eigenvalue weighted by molar-refractivity contribution is -0.117. The number of aliphatic hydroxyl groups excluding tert-OH is 1. The van der Waals surface area contributed by atoms with Crippen molar-refractivity contribution in [1.29, 1.82) is 0 Å². The molecule has 1 fully saturated rings.